The van der Waals surface area contributed by atoms with Gasteiger partial charge < -0.3 is 29.6 Å². The van der Waals surface area contributed by atoms with Crippen LogP contribution in [0.1, 0.15) is 0 Å². The lowest BCUT2D eigenvalue weighted by atomic mass is 10.2. The Morgan fingerprint density at radius 1 is 1.04 bits per heavy atom. The quantitative estimate of drug-likeness (QED) is 0.704. The summed E-state index contributed by atoms with van der Waals surface area (Å²) >= 11 is 0. The summed E-state index contributed by atoms with van der Waals surface area (Å²) in [6, 6.07) is 8.59. The van der Waals surface area contributed by atoms with Crippen LogP contribution in [0.4, 0.5) is 14.9 Å². The average Bonchev–Trinajstić information content (AvgIpc) is 2.64. The Hall–Kier alpha value is -3.16. The SMILES string of the molecule is COc1cc(NC(=O)NCCOc2cccc(F)c2)cc(OC)c1OC. The van der Waals surface area contributed by atoms with E-state index in [2.05, 4.69) is 10.6 Å². The van der Waals surface area contributed by atoms with Gasteiger partial charge in [0.2, 0.25) is 5.75 Å². The van der Waals surface area contributed by atoms with Crippen molar-refractivity contribution in [2.45, 2.75) is 0 Å². The lowest BCUT2D eigenvalue weighted by Crippen LogP contribution is -2.32. The fourth-order valence-electron chi connectivity index (χ4n) is 2.22. The number of hydrogen-bond acceptors (Lipinski definition) is 5. The van der Waals surface area contributed by atoms with Crippen LogP contribution in [0.2, 0.25) is 0 Å². The lowest BCUT2D eigenvalue weighted by Gasteiger charge is -2.15. The standard InChI is InChI=1S/C18H21FN2O5/c1-23-15-10-13(11-16(24-2)17(15)25-3)21-18(22)20-7-8-26-14-6-4-5-12(19)9-14/h4-6,9-11H,7-8H2,1-3H3,(H2,20,21,22). The summed E-state index contributed by atoms with van der Waals surface area (Å²) in [4.78, 5) is 12.0. The smallest absolute Gasteiger partial charge is 0.319 e. The van der Waals surface area contributed by atoms with Crippen molar-refractivity contribution in [1.82, 2.24) is 5.32 Å². The molecule has 0 heterocycles. The van der Waals surface area contributed by atoms with Crippen molar-refractivity contribution in [3.05, 3.63) is 42.2 Å². The van der Waals surface area contributed by atoms with Crippen LogP contribution >= 0.6 is 0 Å². The Morgan fingerprint density at radius 2 is 1.73 bits per heavy atom. The van der Waals surface area contributed by atoms with E-state index in [1.807, 2.05) is 0 Å². The summed E-state index contributed by atoms with van der Waals surface area (Å²) in [5.74, 6) is 1.31. The highest BCUT2D eigenvalue weighted by atomic mass is 19.1. The van der Waals surface area contributed by atoms with E-state index < -0.39 is 6.03 Å². The minimum atomic E-state index is -0.429. The summed E-state index contributed by atoms with van der Waals surface area (Å²) in [5, 5.41) is 5.31. The molecule has 0 fully saturated rings. The molecule has 8 heteroatoms. The molecule has 0 aromatic heterocycles. The molecular weight excluding hydrogens is 343 g/mol. The maximum atomic E-state index is 13.0. The Bertz CT molecular complexity index is 729. The van der Waals surface area contributed by atoms with Crippen LogP contribution in [0.25, 0.3) is 0 Å². The maximum Gasteiger partial charge on any atom is 0.319 e. The van der Waals surface area contributed by atoms with E-state index in [0.717, 1.165) is 0 Å². The second-order valence-electron chi connectivity index (χ2n) is 5.10. The molecule has 0 aliphatic carbocycles. The van der Waals surface area contributed by atoms with Crippen LogP contribution in [-0.2, 0) is 0 Å². The van der Waals surface area contributed by atoms with Gasteiger partial charge in [0.15, 0.2) is 11.5 Å². The zero-order valence-corrected chi connectivity index (χ0v) is 14.8. The number of urea groups is 1. The Morgan fingerprint density at radius 3 is 2.31 bits per heavy atom. The number of halogens is 1. The van der Waals surface area contributed by atoms with Crippen LogP contribution in [0, 0.1) is 5.82 Å². The fourth-order valence-corrected chi connectivity index (χ4v) is 2.22. The molecule has 140 valence electrons. The normalized spacial score (nSPS) is 10.0. The van der Waals surface area contributed by atoms with E-state index >= 15 is 0 Å². The van der Waals surface area contributed by atoms with Crippen molar-refractivity contribution in [1.29, 1.82) is 0 Å². The van der Waals surface area contributed by atoms with Crippen molar-refractivity contribution >= 4 is 11.7 Å². The summed E-state index contributed by atoms with van der Waals surface area (Å²) in [6.07, 6.45) is 0. The Balaban J connectivity index is 1.87. The van der Waals surface area contributed by atoms with Crippen LogP contribution in [0.5, 0.6) is 23.0 Å². The average molecular weight is 364 g/mol. The van der Waals surface area contributed by atoms with Crippen molar-refractivity contribution < 1.29 is 28.1 Å². The summed E-state index contributed by atoms with van der Waals surface area (Å²) < 4.78 is 34.1. The number of methoxy groups -OCH3 is 3. The molecule has 0 radical (unpaired) electrons. The minimum absolute atomic E-state index is 0.201. The largest absolute Gasteiger partial charge is 0.493 e. The molecule has 0 saturated heterocycles. The molecule has 2 amide bonds. The van der Waals surface area contributed by atoms with Crippen molar-refractivity contribution in [3.63, 3.8) is 0 Å². The molecule has 0 saturated carbocycles. The topological polar surface area (TPSA) is 78.1 Å². The van der Waals surface area contributed by atoms with Gasteiger partial charge in [0, 0.05) is 18.2 Å². The zero-order valence-electron chi connectivity index (χ0n) is 14.8. The number of rotatable bonds is 8. The second-order valence-corrected chi connectivity index (χ2v) is 5.10. The third-order valence-corrected chi connectivity index (χ3v) is 3.38. The van der Waals surface area contributed by atoms with Crippen LogP contribution < -0.4 is 29.6 Å². The van der Waals surface area contributed by atoms with Gasteiger partial charge >= 0.3 is 6.03 Å². The molecule has 2 rings (SSSR count). The van der Waals surface area contributed by atoms with E-state index in [-0.39, 0.29) is 19.0 Å². The van der Waals surface area contributed by atoms with Gasteiger partial charge in [-0.25, -0.2) is 9.18 Å². The minimum Gasteiger partial charge on any atom is -0.493 e. The first-order valence-electron chi connectivity index (χ1n) is 7.80. The van der Waals surface area contributed by atoms with Crippen molar-refractivity contribution in [2.75, 3.05) is 39.8 Å². The van der Waals surface area contributed by atoms with E-state index in [1.54, 1.807) is 24.3 Å². The Kier molecular flexibility index (Phi) is 6.90. The van der Waals surface area contributed by atoms with Gasteiger partial charge in [-0.3, -0.25) is 0 Å². The molecule has 0 atom stereocenters. The maximum absolute atomic E-state index is 13.0. The molecule has 2 N–H and O–H groups in total. The number of carbonyl (C=O) groups excluding carboxylic acids is 1. The highest BCUT2D eigenvalue weighted by Crippen LogP contribution is 2.39. The predicted octanol–water partition coefficient (Wildman–Crippen LogP) is 3.05. The number of nitrogens with one attached hydrogen (secondary N) is 2. The van der Waals surface area contributed by atoms with Crippen molar-refractivity contribution in [2.24, 2.45) is 0 Å². The van der Waals surface area contributed by atoms with E-state index in [0.29, 0.717) is 28.7 Å². The van der Waals surface area contributed by atoms with Gasteiger partial charge in [-0.05, 0) is 12.1 Å². The number of hydrogen-bond donors (Lipinski definition) is 2. The van der Waals surface area contributed by atoms with Gasteiger partial charge in [-0.1, -0.05) is 6.07 Å². The van der Waals surface area contributed by atoms with Crippen molar-refractivity contribution in [3.8, 4) is 23.0 Å². The number of ether oxygens (including phenoxy) is 4. The molecule has 0 aliphatic rings. The Labute approximate surface area is 151 Å². The van der Waals surface area contributed by atoms with Gasteiger partial charge in [0.05, 0.1) is 33.6 Å². The van der Waals surface area contributed by atoms with Gasteiger partial charge in [0.25, 0.3) is 0 Å². The first kappa shape index (κ1) is 19.2. The summed E-state index contributed by atoms with van der Waals surface area (Å²) in [5.41, 5.74) is 0.475. The molecule has 2 aromatic carbocycles. The predicted molar refractivity (Wildman–Crippen MR) is 95.0 cm³/mol. The van der Waals surface area contributed by atoms with Crippen LogP contribution in [0.15, 0.2) is 36.4 Å². The molecule has 2 aromatic rings. The van der Waals surface area contributed by atoms with Gasteiger partial charge in [0.1, 0.15) is 18.2 Å². The van der Waals surface area contributed by atoms with Crippen LogP contribution in [-0.4, -0.2) is 40.5 Å². The number of amides is 2. The third-order valence-electron chi connectivity index (χ3n) is 3.38. The van der Waals surface area contributed by atoms with Gasteiger partial charge in [-0.15, -0.1) is 0 Å². The number of benzene rings is 2. The second kappa shape index (κ2) is 9.36. The summed E-state index contributed by atoms with van der Waals surface area (Å²) in [6.45, 7) is 0.443. The monoisotopic (exact) mass is 364 g/mol. The van der Waals surface area contributed by atoms with Gasteiger partial charge in [-0.2, -0.15) is 0 Å². The third kappa shape index (κ3) is 5.17. The highest BCUT2D eigenvalue weighted by molar-refractivity contribution is 5.90. The zero-order chi connectivity index (χ0) is 18.9. The highest BCUT2D eigenvalue weighted by Gasteiger charge is 2.14. The van der Waals surface area contributed by atoms with E-state index in [1.165, 1.54) is 33.5 Å². The summed E-state index contributed by atoms with van der Waals surface area (Å²) in [7, 11) is 4.48. The van der Waals surface area contributed by atoms with E-state index in [9.17, 15) is 9.18 Å². The first-order chi connectivity index (χ1) is 12.6. The molecular formula is C18H21FN2O5. The molecule has 0 unspecified atom stereocenters. The molecule has 0 bridgehead atoms. The fraction of sp³-hybridized carbons (Fsp3) is 0.278. The molecule has 7 nitrogen and oxygen atoms in total. The van der Waals surface area contributed by atoms with E-state index in [4.69, 9.17) is 18.9 Å². The molecule has 0 spiro atoms. The first-order valence-corrected chi connectivity index (χ1v) is 7.80. The molecule has 26 heavy (non-hydrogen) atoms. The lowest BCUT2D eigenvalue weighted by molar-refractivity contribution is 0.247. The number of carbonyl (C=O) groups is 1. The number of anilines is 1. The van der Waals surface area contributed by atoms with Crippen LogP contribution in [0.3, 0.4) is 0 Å². The molecule has 0 aliphatic heterocycles.